The first-order valence-corrected chi connectivity index (χ1v) is 5.70. The van der Waals surface area contributed by atoms with Gasteiger partial charge in [-0.2, -0.15) is 0 Å². The van der Waals surface area contributed by atoms with Gasteiger partial charge >= 0.3 is 0 Å². The Bertz CT molecular complexity index is 172. The molecule has 0 radical (unpaired) electrons. The molecule has 1 heterocycles. The van der Waals surface area contributed by atoms with Crippen LogP contribution >= 0.6 is 0 Å². The molecule has 3 fully saturated rings. The molecule has 0 amide bonds. The largest absolute Gasteiger partial charge is 0.347 e. The number of hydrogen-bond acceptors (Lipinski definition) is 2. The van der Waals surface area contributed by atoms with E-state index in [4.69, 9.17) is 9.47 Å². The van der Waals surface area contributed by atoms with Crippen molar-refractivity contribution in [3.63, 3.8) is 0 Å². The summed E-state index contributed by atoms with van der Waals surface area (Å²) in [6.07, 6.45) is 8.10. The van der Waals surface area contributed by atoms with E-state index in [0.29, 0.717) is 11.8 Å². The number of hydrogen-bond donors (Lipinski definition) is 0. The van der Waals surface area contributed by atoms with E-state index in [1.165, 1.54) is 38.5 Å². The van der Waals surface area contributed by atoms with Crippen LogP contribution in [0.2, 0.25) is 0 Å². The SMILES string of the molecule is C1CC2CCCC(C1)C21OCCO1. The summed E-state index contributed by atoms with van der Waals surface area (Å²) in [6, 6.07) is 0. The monoisotopic (exact) mass is 182 g/mol. The fourth-order valence-electron chi connectivity index (χ4n) is 3.56. The molecule has 0 aromatic rings. The third-order valence-electron chi connectivity index (χ3n) is 4.09. The average Bonchev–Trinajstić information content (AvgIpc) is 2.53. The van der Waals surface area contributed by atoms with E-state index in [0.717, 1.165) is 13.2 Å². The molecule has 0 aromatic carbocycles. The maximum absolute atomic E-state index is 5.93. The van der Waals surface area contributed by atoms with Gasteiger partial charge in [0.2, 0.25) is 0 Å². The lowest BCUT2D eigenvalue weighted by molar-refractivity contribution is -0.259. The Morgan fingerprint density at radius 3 is 1.69 bits per heavy atom. The van der Waals surface area contributed by atoms with E-state index in [2.05, 4.69) is 0 Å². The van der Waals surface area contributed by atoms with Gasteiger partial charge in [-0.25, -0.2) is 0 Å². The summed E-state index contributed by atoms with van der Waals surface area (Å²) < 4.78 is 11.9. The molecule has 74 valence electrons. The van der Waals surface area contributed by atoms with Crippen LogP contribution in [0.3, 0.4) is 0 Å². The van der Waals surface area contributed by atoms with Crippen LogP contribution in [-0.4, -0.2) is 19.0 Å². The summed E-state index contributed by atoms with van der Waals surface area (Å²) in [6.45, 7) is 1.65. The van der Waals surface area contributed by atoms with Gasteiger partial charge in [-0.3, -0.25) is 0 Å². The van der Waals surface area contributed by atoms with Crippen molar-refractivity contribution in [3.05, 3.63) is 0 Å². The van der Waals surface area contributed by atoms with E-state index in [-0.39, 0.29) is 5.79 Å². The van der Waals surface area contributed by atoms with Crippen molar-refractivity contribution < 1.29 is 9.47 Å². The molecule has 0 aromatic heterocycles. The Morgan fingerprint density at radius 2 is 1.23 bits per heavy atom. The van der Waals surface area contributed by atoms with Crippen molar-refractivity contribution >= 4 is 0 Å². The van der Waals surface area contributed by atoms with Gasteiger partial charge < -0.3 is 9.47 Å². The zero-order chi connectivity index (χ0) is 8.73. The lowest BCUT2D eigenvalue weighted by atomic mass is 9.67. The van der Waals surface area contributed by atoms with Crippen LogP contribution < -0.4 is 0 Å². The minimum Gasteiger partial charge on any atom is -0.347 e. The van der Waals surface area contributed by atoms with Gasteiger partial charge in [0.25, 0.3) is 0 Å². The van der Waals surface area contributed by atoms with Crippen LogP contribution in [0.1, 0.15) is 38.5 Å². The first kappa shape index (κ1) is 8.25. The third-order valence-corrected chi connectivity index (χ3v) is 4.09. The van der Waals surface area contributed by atoms with Gasteiger partial charge in [-0.15, -0.1) is 0 Å². The van der Waals surface area contributed by atoms with E-state index in [1.807, 2.05) is 0 Å². The molecular weight excluding hydrogens is 164 g/mol. The molecule has 13 heavy (non-hydrogen) atoms. The predicted octanol–water partition coefficient (Wildman–Crippen LogP) is 2.33. The molecule has 2 heteroatoms. The molecule has 3 aliphatic rings. The molecule has 0 unspecified atom stereocenters. The van der Waals surface area contributed by atoms with Gasteiger partial charge in [-0.05, 0) is 25.7 Å². The van der Waals surface area contributed by atoms with Crippen LogP contribution in [-0.2, 0) is 9.47 Å². The second-order valence-corrected chi connectivity index (χ2v) is 4.67. The second kappa shape index (κ2) is 2.96. The average molecular weight is 182 g/mol. The van der Waals surface area contributed by atoms with Gasteiger partial charge in [-0.1, -0.05) is 12.8 Å². The maximum atomic E-state index is 5.93. The summed E-state index contributed by atoms with van der Waals surface area (Å²) in [5.74, 6) is 1.31. The summed E-state index contributed by atoms with van der Waals surface area (Å²) >= 11 is 0. The molecule has 3 rings (SSSR count). The first-order chi connectivity index (χ1) is 6.42. The maximum Gasteiger partial charge on any atom is 0.174 e. The van der Waals surface area contributed by atoms with E-state index >= 15 is 0 Å². The first-order valence-electron chi connectivity index (χ1n) is 5.70. The van der Waals surface area contributed by atoms with Crippen molar-refractivity contribution in [2.45, 2.75) is 44.3 Å². The van der Waals surface area contributed by atoms with Crippen LogP contribution in [0, 0.1) is 11.8 Å². The second-order valence-electron chi connectivity index (χ2n) is 4.67. The standard InChI is InChI=1S/C11H18O2/c1-3-9-5-2-6-10(4-1)11(9)12-7-8-13-11/h9-10H,1-8H2. The topological polar surface area (TPSA) is 18.5 Å². The van der Waals surface area contributed by atoms with E-state index < -0.39 is 0 Å². The summed E-state index contributed by atoms with van der Waals surface area (Å²) in [5.41, 5.74) is 0. The van der Waals surface area contributed by atoms with Crippen molar-refractivity contribution in [2.75, 3.05) is 13.2 Å². The fourth-order valence-corrected chi connectivity index (χ4v) is 3.56. The van der Waals surface area contributed by atoms with E-state index in [9.17, 15) is 0 Å². The molecular formula is C11H18O2. The number of rotatable bonds is 0. The molecule has 0 atom stereocenters. The highest BCUT2D eigenvalue weighted by molar-refractivity contribution is 4.96. The highest BCUT2D eigenvalue weighted by Gasteiger charge is 2.53. The van der Waals surface area contributed by atoms with Gasteiger partial charge in [0.05, 0.1) is 13.2 Å². The summed E-state index contributed by atoms with van der Waals surface area (Å²) in [7, 11) is 0. The van der Waals surface area contributed by atoms with Crippen molar-refractivity contribution in [1.29, 1.82) is 0 Å². The molecule has 1 aliphatic heterocycles. The lowest BCUT2D eigenvalue weighted by Crippen LogP contribution is -2.51. The summed E-state index contributed by atoms with van der Waals surface area (Å²) in [4.78, 5) is 0. The summed E-state index contributed by atoms with van der Waals surface area (Å²) in [5, 5.41) is 0. The van der Waals surface area contributed by atoms with Crippen molar-refractivity contribution in [1.82, 2.24) is 0 Å². The smallest absolute Gasteiger partial charge is 0.174 e. The molecule has 2 aliphatic carbocycles. The Balaban J connectivity index is 1.90. The van der Waals surface area contributed by atoms with Crippen LogP contribution in [0.5, 0.6) is 0 Å². The van der Waals surface area contributed by atoms with Crippen LogP contribution in [0.25, 0.3) is 0 Å². The lowest BCUT2D eigenvalue weighted by Gasteiger charge is -2.48. The molecule has 1 spiro atoms. The Kier molecular flexibility index (Phi) is 1.88. The highest BCUT2D eigenvalue weighted by Crippen LogP contribution is 2.51. The van der Waals surface area contributed by atoms with Crippen LogP contribution in [0.4, 0.5) is 0 Å². The molecule has 2 bridgehead atoms. The minimum absolute atomic E-state index is 0.115. The normalized spacial score (nSPS) is 42.5. The minimum atomic E-state index is -0.115. The zero-order valence-electron chi connectivity index (χ0n) is 8.13. The van der Waals surface area contributed by atoms with Crippen molar-refractivity contribution in [2.24, 2.45) is 11.8 Å². The van der Waals surface area contributed by atoms with Gasteiger partial charge in [0, 0.05) is 11.8 Å². The van der Waals surface area contributed by atoms with Gasteiger partial charge in [0.1, 0.15) is 0 Å². The zero-order valence-corrected chi connectivity index (χ0v) is 8.13. The Morgan fingerprint density at radius 1 is 0.769 bits per heavy atom. The molecule has 2 saturated carbocycles. The third kappa shape index (κ3) is 1.08. The quantitative estimate of drug-likeness (QED) is 0.572. The Labute approximate surface area is 79.6 Å². The number of ether oxygens (including phenoxy) is 2. The highest BCUT2D eigenvalue weighted by atomic mass is 16.7. The fraction of sp³-hybridized carbons (Fsp3) is 1.00. The molecule has 2 nitrogen and oxygen atoms in total. The molecule has 0 N–H and O–H groups in total. The predicted molar refractivity (Wildman–Crippen MR) is 49.3 cm³/mol. The van der Waals surface area contributed by atoms with E-state index in [1.54, 1.807) is 0 Å². The Hall–Kier alpha value is -0.0800. The van der Waals surface area contributed by atoms with Crippen LogP contribution in [0.15, 0.2) is 0 Å². The van der Waals surface area contributed by atoms with Crippen molar-refractivity contribution in [3.8, 4) is 0 Å². The molecule has 1 saturated heterocycles. The van der Waals surface area contributed by atoms with Gasteiger partial charge in [0.15, 0.2) is 5.79 Å².